The van der Waals surface area contributed by atoms with Crippen LogP contribution in [0.2, 0.25) is 0 Å². The molecule has 1 aromatic carbocycles. The molecule has 0 heterocycles. The van der Waals surface area contributed by atoms with Crippen LogP contribution in [-0.2, 0) is 10.1 Å². The standard InChI is InChI=1S/C24H39P.C13H15NO3S/c1-2-3-4-25(23-11-17-5-18(12-23)7-19(6-17)13-23)24-14-20-8-21(15-24)10-22(9-20)16-24;14-13(10-18(15,16)17)9-5-4-8-12(13)11-6-2-1-3-7-11/h17-22H,2-16H2,1H3;1-8H,9-10,14H2,(H,15,16,17). The molecule has 8 saturated carbocycles. The van der Waals surface area contributed by atoms with Gasteiger partial charge in [0.25, 0.3) is 10.1 Å². The van der Waals surface area contributed by atoms with Gasteiger partial charge in [0.15, 0.2) is 0 Å². The molecule has 0 aromatic heterocycles. The van der Waals surface area contributed by atoms with Gasteiger partial charge in [-0.3, -0.25) is 4.55 Å². The van der Waals surface area contributed by atoms with E-state index in [0.29, 0.717) is 6.42 Å². The highest BCUT2D eigenvalue weighted by Gasteiger charge is 2.62. The van der Waals surface area contributed by atoms with Gasteiger partial charge >= 0.3 is 0 Å². The molecule has 9 aliphatic rings. The Morgan fingerprint density at radius 2 is 1.28 bits per heavy atom. The number of unbranched alkanes of at least 4 members (excludes halogenated alkanes) is 1. The zero-order chi connectivity index (χ0) is 29.9. The van der Waals surface area contributed by atoms with E-state index in [1.807, 2.05) is 36.4 Å². The molecule has 43 heavy (non-hydrogen) atoms. The molecule has 1 unspecified atom stereocenters. The van der Waals surface area contributed by atoms with Gasteiger partial charge in [0.05, 0.1) is 11.3 Å². The van der Waals surface area contributed by atoms with Crippen LogP contribution in [0.25, 0.3) is 5.57 Å². The molecule has 0 aliphatic heterocycles. The van der Waals surface area contributed by atoms with Crippen LogP contribution in [0.4, 0.5) is 0 Å². The van der Waals surface area contributed by atoms with E-state index >= 15 is 0 Å². The summed E-state index contributed by atoms with van der Waals surface area (Å²) in [5.41, 5.74) is 6.68. The first-order chi connectivity index (χ1) is 20.6. The first-order valence-electron chi connectivity index (χ1n) is 17.5. The summed E-state index contributed by atoms with van der Waals surface area (Å²) < 4.78 is 31.3. The molecule has 1 aromatic rings. The van der Waals surface area contributed by atoms with Crippen molar-refractivity contribution < 1.29 is 13.0 Å². The van der Waals surface area contributed by atoms with Crippen molar-refractivity contribution in [3.8, 4) is 0 Å². The van der Waals surface area contributed by atoms with Gasteiger partial charge in [-0.2, -0.15) is 8.42 Å². The van der Waals surface area contributed by atoms with Gasteiger partial charge in [-0.1, -0.05) is 69.8 Å². The number of benzene rings is 1. The van der Waals surface area contributed by atoms with Crippen LogP contribution in [0, 0.1) is 35.5 Å². The lowest BCUT2D eigenvalue weighted by molar-refractivity contribution is 0.0185. The van der Waals surface area contributed by atoms with Crippen molar-refractivity contribution in [1.82, 2.24) is 0 Å². The van der Waals surface area contributed by atoms with Crippen LogP contribution in [0.1, 0.15) is 109 Å². The summed E-state index contributed by atoms with van der Waals surface area (Å²) in [5, 5.41) is 1.76. The maximum atomic E-state index is 11.1. The monoisotopic (exact) mass is 623 g/mol. The predicted molar refractivity (Wildman–Crippen MR) is 180 cm³/mol. The third kappa shape index (κ3) is 6.11. The summed E-state index contributed by atoms with van der Waals surface area (Å²) in [7, 11) is -3.84. The molecular formula is C37H54NO3PS. The minimum atomic E-state index is -4.12. The molecule has 0 saturated heterocycles. The lowest BCUT2D eigenvalue weighted by atomic mass is 9.55. The molecular weight excluding hydrogens is 569 g/mol. The molecule has 3 N–H and O–H groups in total. The van der Waals surface area contributed by atoms with Crippen molar-refractivity contribution in [3.05, 3.63) is 54.1 Å². The number of hydrogen-bond donors (Lipinski definition) is 2. The fraction of sp³-hybridized carbons (Fsp3) is 0.730. The number of hydrogen-bond acceptors (Lipinski definition) is 3. The van der Waals surface area contributed by atoms with Crippen LogP contribution in [0.3, 0.4) is 0 Å². The van der Waals surface area contributed by atoms with Crippen molar-refractivity contribution in [2.45, 2.75) is 119 Å². The smallest absolute Gasteiger partial charge is 0.267 e. The molecule has 10 rings (SSSR count). The van der Waals surface area contributed by atoms with E-state index in [1.54, 1.807) is 102 Å². The van der Waals surface area contributed by atoms with E-state index < -0.39 is 21.4 Å². The average molecular weight is 624 g/mol. The van der Waals surface area contributed by atoms with Crippen LogP contribution >= 0.6 is 7.92 Å². The topological polar surface area (TPSA) is 80.4 Å². The minimum Gasteiger partial charge on any atom is -0.320 e. The van der Waals surface area contributed by atoms with E-state index in [-0.39, 0.29) is 7.92 Å². The largest absolute Gasteiger partial charge is 0.320 e. The second kappa shape index (κ2) is 11.7. The fourth-order valence-electron chi connectivity index (χ4n) is 12.3. The summed E-state index contributed by atoms with van der Waals surface area (Å²) in [6.07, 6.45) is 30.4. The number of allylic oxidation sites excluding steroid dienone is 2. The molecule has 8 fully saturated rings. The van der Waals surface area contributed by atoms with Gasteiger partial charge in [-0.15, -0.1) is 0 Å². The zero-order valence-corrected chi connectivity index (χ0v) is 28.0. The summed E-state index contributed by atoms with van der Waals surface area (Å²) in [6.45, 7) is 2.45. The first-order valence-corrected chi connectivity index (χ1v) is 20.7. The van der Waals surface area contributed by atoms with Gasteiger partial charge in [-0.25, -0.2) is 0 Å². The van der Waals surface area contributed by atoms with Crippen molar-refractivity contribution in [2.75, 3.05) is 11.9 Å². The Kier molecular flexibility index (Phi) is 8.31. The van der Waals surface area contributed by atoms with Crippen LogP contribution in [0.5, 0.6) is 0 Å². The SMILES string of the molecule is CCCCP(C12CC3CC(CC(C3)C1)C2)C12CC3CC(CC(C3)C1)C2.NC1(CS(=O)(=O)O)CC=CC=C1c1ccccc1. The second-order valence-electron chi connectivity index (χ2n) is 16.3. The Labute approximate surface area is 262 Å². The molecule has 0 amide bonds. The summed E-state index contributed by atoms with van der Waals surface area (Å²) in [4.78, 5) is 0. The minimum absolute atomic E-state index is 0.285. The Morgan fingerprint density at radius 1 is 0.814 bits per heavy atom. The lowest BCUT2D eigenvalue weighted by Crippen LogP contribution is -2.56. The summed E-state index contributed by atoms with van der Waals surface area (Å²) in [5.74, 6) is 6.47. The van der Waals surface area contributed by atoms with Crippen molar-refractivity contribution in [3.63, 3.8) is 0 Å². The Bertz CT molecular complexity index is 1220. The van der Waals surface area contributed by atoms with Gasteiger partial charge in [0.1, 0.15) is 0 Å². The highest BCUT2D eigenvalue weighted by atomic mass is 32.2. The third-order valence-corrected chi connectivity index (χ3v) is 17.9. The Balaban J connectivity index is 0.000000149. The van der Waals surface area contributed by atoms with Gasteiger partial charge in [0, 0.05) is 0 Å². The van der Waals surface area contributed by atoms with Gasteiger partial charge < -0.3 is 5.73 Å². The van der Waals surface area contributed by atoms with E-state index in [2.05, 4.69) is 6.92 Å². The Hall–Kier alpha value is -1.00. The molecule has 236 valence electrons. The average Bonchev–Trinajstić information content (AvgIpc) is 2.91. The van der Waals surface area contributed by atoms with Gasteiger partial charge in [0.2, 0.25) is 0 Å². The highest BCUT2D eigenvalue weighted by molar-refractivity contribution is 7.85. The van der Waals surface area contributed by atoms with Crippen molar-refractivity contribution in [1.29, 1.82) is 0 Å². The molecule has 0 spiro atoms. The van der Waals surface area contributed by atoms with Gasteiger partial charge in [-0.05, 0) is 153 Å². The van der Waals surface area contributed by atoms with E-state index in [1.165, 1.54) is 6.42 Å². The quantitative estimate of drug-likeness (QED) is 0.224. The molecule has 6 heteroatoms. The third-order valence-electron chi connectivity index (χ3n) is 12.8. The molecule has 4 nitrogen and oxygen atoms in total. The maximum absolute atomic E-state index is 11.1. The lowest BCUT2D eigenvalue weighted by Gasteiger charge is -2.67. The maximum Gasteiger partial charge on any atom is 0.267 e. The molecule has 9 aliphatic carbocycles. The molecule has 0 radical (unpaired) electrons. The first kappa shape index (κ1) is 30.6. The number of rotatable bonds is 8. The van der Waals surface area contributed by atoms with Crippen LogP contribution in [-0.4, -0.2) is 40.7 Å². The van der Waals surface area contributed by atoms with E-state index in [0.717, 1.165) is 57.0 Å². The van der Waals surface area contributed by atoms with E-state index in [9.17, 15) is 8.42 Å². The number of nitrogens with two attached hydrogens (primary N) is 1. The summed E-state index contributed by atoms with van der Waals surface area (Å²) in [6, 6.07) is 9.35. The van der Waals surface area contributed by atoms with Crippen molar-refractivity contribution >= 4 is 23.6 Å². The molecule has 1 atom stereocenters. The normalized spacial score (nSPS) is 42.8. The zero-order valence-electron chi connectivity index (χ0n) is 26.3. The van der Waals surface area contributed by atoms with E-state index in [4.69, 9.17) is 10.3 Å². The summed E-state index contributed by atoms with van der Waals surface area (Å²) >= 11 is 0. The second-order valence-corrected chi connectivity index (χ2v) is 20.9. The van der Waals surface area contributed by atoms with Crippen molar-refractivity contribution in [2.24, 2.45) is 41.2 Å². The van der Waals surface area contributed by atoms with Crippen LogP contribution in [0.15, 0.2) is 48.6 Å². The predicted octanol–water partition coefficient (Wildman–Crippen LogP) is 8.82. The van der Waals surface area contributed by atoms with Crippen LogP contribution < -0.4 is 5.73 Å². The Morgan fingerprint density at radius 3 is 1.70 bits per heavy atom. The fourth-order valence-corrected chi connectivity index (χ4v) is 18.7. The highest BCUT2D eigenvalue weighted by Crippen LogP contribution is 2.78. The molecule has 8 bridgehead atoms.